The quantitative estimate of drug-likeness (QED) is 0.547. The van der Waals surface area contributed by atoms with Gasteiger partial charge in [-0.3, -0.25) is 0 Å². The molecule has 0 unspecified atom stereocenters. The number of alkyl halides is 3. The zero-order valence-corrected chi connectivity index (χ0v) is 15.3. The SMILES string of the molecule is Cc1ccc(-n2nc(C(F)(F)F)nc2N(C)C)c(F)c1.O=S(=O)(Cl)Cl. The van der Waals surface area contributed by atoms with Crippen molar-refractivity contribution in [3.63, 3.8) is 0 Å². The number of aromatic nitrogens is 3. The summed E-state index contributed by atoms with van der Waals surface area (Å²) in [5.41, 5.74) is 0.580. The molecule has 140 valence electrons. The second kappa shape index (κ2) is 7.75. The highest BCUT2D eigenvalue weighted by atomic mass is 36.0. The van der Waals surface area contributed by atoms with Crippen molar-refractivity contribution in [1.82, 2.24) is 14.8 Å². The fraction of sp³-hybridized carbons (Fsp3) is 0.333. The molecule has 0 aliphatic heterocycles. The molecule has 0 fully saturated rings. The maximum Gasteiger partial charge on any atom is 0.453 e. The van der Waals surface area contributed by atoms with Crippen LogP contribution in [0.1, 0.15) is 11.4 Å². The lowest BCUT2D eigenvalue weighted by molar-refractivity contribution is -0.144. The van der Waals surface area contributed by atoms with Crippen molar-refractivity contribution in [3.8, 4) is 5.69 Å². The summed E-state index contributed by atoms with van der Waals surface area (Å²) in [4.78, 5) is 4.74. The molecule has 13 heteroatoms. The van der Waals surface area contributed by atoms with Crippen LogP contribution in [-0.2, 0) is 14.4 Å². The first kappa shape index (κ1) is 21.5. The van der Waals surface area contributed by atoms with Gasteiger partial charge in [0.25, 0.3) is 5.82 Å². The third kappa shape index (κ3) is 6.67. The van der Waals surface area contributed by atoms with E-state index in [9.17, 15) is 17.6 Å². The molecule has 1 heterocycles. The Kier molecular flexibility index (Phi) is 6.65. The minimum absolute atomic E-state index is 0.0812. The van der Waals surface area contributed by atoms with Crippen molar-refractivity contribution in [2.75, 3.05) is 19.0 Å². The van der Waals surface area contributed by atoms with E-state index in [1.54, 1.807) is 13.0 Å². The Morgan fingerprint density at radius 1 is 1.20 bits per heavy atom. The summed E-state index contributed by atoms with van der Waals surface area (Å²) in [6, 6.07) is 4.18. The van der Waals surface area contributed by atoms with Crippen molar-refractivity contribution < 1.29 is 26.0 Å². The van der Waals surface area contributed by atoms with Gasteiger partial charge in [0.15, 0.2) is 0 Å². The predicted octanol–water partition coefficient (Wildman–Crippen LogP) is 3.51. The smallest absolute Gasteiger partial charge is 0.347 e. The molecular weight excluding hydrogens is 411 g/mol. The van der Waals surface area contributed by atoms with Crippen molar-refractivity contribution in [1.29, 1.82) is 0 Å². The molecule has 2 rings (SSSR count). The lowest BCUT2D eigenvalue weighted by Gasteiger charge is -2.13. The molecule has 0 aliphatic carbocycles. The third-order valence-corrected chi connectivity index (χ3v) is 2.57. The fourth-order valence-corrected chi connectivity index (χ4v) is 1.66. The Hall–Kier alpha value is -1.59. The summed E-state index contributed by atoms with van der Waals surface area (Å²) in [7, 11) is 7.83. The zero-order chi connectivity index (χ0) is 19.6. The zero-order valence-electron chi connectivity index (χ0n) is 13.0. The lowest BCUT2D eigenvalue weighted by atomic mass is 10.2. The Labute approximate surface area is 149 Å². The molecule has 0 bridgehead atoms. The van der Waals surface area contributed by atoms with Gasteiger partial charge >= 0.3 is 14.4 Å². The van der Waals surface area contributed by atoms with Gasteiger partial charge in [0.2, 0.25) is 5.95 Å². The second-order valence-electron chi connectivity index (χ2n) is 4.87. The third-order valence-electron chi connectivity index (χ3n) is 2.57. The Morgan fingerprint density at radius 3 is 2.12 bits per heavy atom. The number of halogens is 6. The van der Waals surface area contributed by atoms with Crippen LogP contribution in [0.3, 0.4) is 0 Å². The van der Waals surface area contributed by atoms with Gasteiger partial charge in [0.05, 0.1) is 0 Å². The van der Waals surface area contributed by atoms with Crippen LogP contribution in [0.2, 0.25) is 0 Å². The largest absolute Gasteiger partial charge is 0.453 e. The van der Waals surface area contributed by atoms with Crippen LogP contribution < -0.4 is 4.90 Å². The van der Waals surface area contributed by atoms with Crippen LogP contribution >= 0.6 is 21.4 Å². The minimum atomic E-state index is -4.68. The Morgan fingerprint density at radius 2 is 1.72 bits per heavy atom. The van der Waals surface area contributed by atoms with Crippen LogP contribution in [0.4, 0.5) is 23.5 Å². The Bertz CT molecular complexity index is 845. The monoisotopic (exact) mass is 422 g/mol. The van der Waals surface area contributed by atoms with E-state index in [0.717, 1.165) is 4.68 Å². The van der Waals surface area contributed by atoms with E-state index >= 15 is 0 Å². The molecule has 0 atom stereocenters. The standard InChI is InChI=1S/C12H12F4N4.Cl2O2S/c1-7-4-5-9(8(13)6-7)20-11(19(2)3)17-10(18-20)12(14,15)16;1-5(2,3)4/h4-6H,1-3H3;. The summed E-state index contributed by atoms with van der Waals surface area (Å²) >= 11 is 0. The van der Waals surface area contributed by atoms with Crippen molar-refractivity contribution in [3.05, 3.63) is 35.4 Å². The number of aryl methyl sites for hydroxylation is 1. The molecule has 0 saturated carbocycles. The molecule has 0 aliphatic rings. The molecule has 0 saturated heterocycles. The maximum atomic E-state index is 13.9. The molecular formula is C12H12Cl2F4N4O2S. The van der Waals surface area contributed by atoms with Gasteiger partial charge in [-0.1, -0.05) is 6.07 Å². The van der Waals surface area contributed by atoms with Crippen LogP contribution in [0, 0.1) is 12.7 Å². The number of hydrogen-bond donors (Lipinski definition) is 0. The molecule has 0 amide bonds. The van der Waals surface area contributed by atoms with Gasteiger partial charge in [-0.25, -0.2) is 4.39 Å². The highest BCUT2D eigenvalue weighted by molar-refractivity contribution is 8.31. The van der Waals surface area contributed by atoms with Crippen LogP contribution in [0.25, 0.3) is 5.69 Å². The molecule has 0 spiro atoms. The van der Waals surface area contributed by atoms with Gasteiger partial charge in [-0.05, 0) is 24.6 Å². The van der Waals surface area contributed by atoms with Crippen LogP contribution in [0.5, 0.6) is 0 Å². The summed E-state index contributed by atoms with van der Waals surface area (Å²) in [6.07, 6.45) is -4.68. The normalized spacial score (nSPS) is 11.7. The molecule has 0 radical (unpaired) electrons. The van der Waals surface area contributed by atoms with E-state index in [0.29, 0.717) is 5.56 Å². The highest BCUT2D eigenvalue weighted by Gasteiger charge is 2.37. The van der Waals surface area contributed by atoms with E-state index in [1.165, 1.54) is 31.1 Å². The highest BCUT2D eigenvalue weighted by Crippen LogP contribution is 2.29. The van der Waals surface area contributed by atoms with Gasteiger partial charge in [-0.15, -0.1) is 5.10 Å². The van der Waals surface area contributed by atoms with E-state index in [4.69, 9.17) is 8.42 Å². The lowest BCUT2D eigenvalue weighted by Crippen LogP contribution is -2.16. The second-order valence-corrected chi connectivity index (χ2v) is 8.54. The van der Waals surface area contributed by atoms with Gasteiger partial charge < -0.3 is 4.90 Å². The van der Waals surface area contributed by atoms with Crippen molar-refractivity contribution >= 4 is 35.6 Å². The van der Waals surface area contributed by atoms with E-state index in [-0.39, 0.29) is 11.6 Å². The number of hydrogen-bond acceptors (Lipinski definition) is 5. The van der Waals surface area contributed by atoms with E-state index in [2.05, 4.69) is 31.4 Å². The average molecular weight is 423 g/mol. The van der Waals surface area contributed by atoms with Gasteiger partial charge in [0, 0.05) is 35.5 Å². The number of rotatable bonds is 2. The summed E-state index contributed by atoms with van der Waals surface area (Å²) in [5, 5.41) is 3.36. The summed E-state index contributed by atoms with van der Waals surface area (Å²) in [5.74, 6) is -2.06. The average Bonchev–Trinajstić information content (AvgIpc) is 2.81. The predicted molar refractivity (Wildman–Crippen MR) is 86.0 cm³/mol. The molecule has 2 aromatic rings. The van der Waals surface area contributed by atoms with Gasteiger partial charge in [-0.2, -0.15) is 31.3 Å². The first-order valence-corrected chi connectivity index (χ1v) is 9.46. The first-order valence-electron chi connectivity index (χ1n) is 6.32. The van der Waals surface area contributed by atoms with E-state index in [1.807, 2.05) is 0 Å². The topological polar surface area (TPSA) is 68.1 Å². The molecule has 1 aromatic carbocycles. The molecule has 25 heavy (non-hydrogen) atoms. The molecule has 0 N–H and O–H groups in total. The number of nitrogens with zero attached hydrogens (tertiary/aromatic N) is 4. The van der Waals surface area contributed by atoms with Crippen molar-refractivity contribution in [2.24, 2.45) is 0 Å². The summed E-state index contributed by atoms with van der Waals surface area (Å²) in [6.45, 7) is 1.68. The van der Waals surface area contributed by atoms with E-state index < -0.39 is 26.1 Å². The number of benzene rings is 1. The summed E-state index contributed by atoms with van der Waals surface area (Å²) < 4.78 is 71.1. The first-order chi connectivity index (χ1) is 11.2. The number of anilines is 1. The maximum absolute atomic E-state index is 13.9. The fourth-order valence-electron chi connectivity index (χ4n) is 1.66. The van der Waals surface area contributed by atoms with Crippen molar-refractivity contribution in [2.45, 2.75) is 13.1 Å². The molecule has 6 nitrogen and oxygen atoms in total. The Balaban J connectivity index is 0.000000550. The minimum Gasteiger partial charge on any atom is -0.347 e. The molecule has 1 aromatic heterocycles. The van der Waals surface area contributed by atoms with Crippen LogP contribution in [-0.4, -0.2) is 37.3 Å². The van der Waals surface area contributed by atoms with Gasteiger partial charge in [0.1, 0.15) is 11.5 Å². The van der Waals surface area contributed by atoms with Crippen LogP contribution in [0.15, 0.2) is 18.2 Å².